The molecular weight excluding hydrogens is 170 g/mol. The Morgan fingerprint density at radius 2 is 2.54 bits per heavy atom. The fourth-order valence-electron chi connectivity index (χ4n) is 0.967. The third-order valence-electron chi connectivity index (χ3n) is 1.72. The molecule has 1 aromatic heterocycles. The Morgan fingerprint density at radius 1 is 1.77 bits per heavy atom. The quantitative estimate of drug-likeness (QED) is 0.725. The third-order valence-corrected chi connectivity index (χ3v) is 1.72. The minimum atomic E-state index is -0.172. The van der Waals surface area contributed by atoms with Gasteiger partial charge in [-0.1, -0.05) is 0 Å². The lowest BCUT2D eigenvalue weighted by molar-refractivity contribution is 0.0934. The number of aliphatic hydroxyl groups is 1. The molecule has 0 saturated carbocycles. The fourth-order valence-corrected chi connectivity index (χ4v) is 0.967. The van der Waals surface area contributed by atoms with Crippen molar-refractivity contribution in [3.8, 4) is 0 Å². The van der Waals surface area contributed by atoms with Crippen molar-refractivity contribution in [3.05, 3.63) is 24.2 Å². The van der Waals surface area contributed by atoms with Gasteiger partial charge in [-0.2, -0.15) is 0 Å². The molecule has 0 aromatic carbocycles. The van der Waals surface area contributed by atoms with Gasteiger partial charge in [0.2, 0.25) is 0 Å². The van der Waals surface area contributed by atoms with E-state index in [0.29, 0.717) is 12.0 Å². The summed E-state index contributed by atoms with van der Waals surface area (Å²) in [7, 11) is 0. The predicted octanol–water partition coefficient (Wildman–Crippen LogP) is 0.780. The highest BCUT2D eigenvalue weighted by Crippen LogP contribution is 2.00. The van der Waals surface area contributed by atoms with E-state index in [1.165, 1.54) is 12.5 Å². The van der Waals surface area contributed by atoms with Gasteiger partial charge in [0.05, 0.1) is 11.8 Å². The summed E-state index contributed by atoms with van der Waals surface area (Å²) < 4.78 is 4.77. The molecule has 1 atom stereocenters. The van der Waals surface area contributed by atoms with Gasteiger partial charge in [-0.3, -0.25) is 4.79 Å². The molecular formula is C9H13NO3. The molecule has 0 aliphatic carbocycles. The van der Waals surface area contributed by atoms with Crippen LogP contribution < -0.4 is 5.32 Å². The minimum absolute atomic E-state index is 0.0209. The highest BCUT2D eigenvalue weighted by molar-refractivity contribution is 5.93. The van der Waals surface area contributed by atoms with Crippen molar-refractivity contribution in [1.29, 1.82) is 0 Å². The van der Waals surface area contributed by atoms with E-state index in [4.69, 9.17) is 9.52 Å². The first-order valence-electron chi connectivity index (χ1n) is 4.18. The van der Waals surface area contributed by atoms with Crippen molar-refractivity contribution in [2.45, 2.75) is 19.4 Å². The summed E-state index contributed by atoms with van der Waals surface area (Å²) in [6, 6.07) is 1.58. The zero-order valence-corrected chi connectivity index (χ0v) is 7.49. The van der Waals surface area contributed by atoms with Gasteiger partial charge < -0.3 is 14.8 Å². The normalized spacial score (nSPS) is 12.5. The monoisotopic (exact) mass is 183 g/mol. The number of carbonyl (C=O) groups is 1. The summed E-state index contributed by atoms with van der Waals surface area (Å²) in [5.74, 6) is -0.172. The van der Waals surface area contributed by atoms with Crippen LogP contribution in [-0.2, 0) is 0 Å². The molecule has 1 aromatic rings. The summed E-state index contributed by atoms with van der Waals surface area (Å²) >= 11 is 0. The standard InChI is InChI=1S/C9H13NO3/c1-7(2-4-11)10-9(12)8-3-5-13-6-8/h3,5-7,11H,2,4H2,1H3,(H,10,12). The first-order valence-corrected chi connectivity index (χ1v) is 4.18. The molecule has 4 heteroatoms. The molecule has 0 aliphatic heterocycles. The molecule has 1 amide bonds. The molecule has 1 rings (SSSR count). The van der Waals surface area contributed by atoms with E-state index in [9.17, 15) is 4.79 Å². The van der Waals surface area contributed by atoms with Gasteiger partial charge in [0.1, 0.15) is 6.26 Å². The lowest BCUT2D eigenvalue weighted by atomic mass is 10.2. The van der Waals surface area contributed by atoms with Gasteiger partial charge in [0.15, 0.2) is 0 Å². The van der Waals surface area contributed by atoms with E-state index in [1.807, 2.05) is 6.92 Å². The largest absolute Gasteiger partial charge is 0.472 e. The number of furan rings is 1. The van der Waals surface area contributed by atoms with Crippen molar-refractivity contribution >= 4 is 5.91 Å². The van der Waals surface area contributed by atoms with Gasteiger partial charge >= 0.3 is 0 Å². The second kappa shape index (κ2) is 4.67. The summed E-state index contributed by atoms with van der Waals surface area (Å²) in [5.41, 5.74) is 0.504. The Morgan fingerprint density at radius 3 is 3.08 bits per heavy atom. The molecule has 0 aliphatic rings. The van der Waals surface area contributed by atoms with Gasteiger partial charge in [-0.15, -0.1) is 0 Å². The average Bonchev–Trinajstić information content (AvgIpc) is 2.55. The van der Waals surface area contributed by atoms with Crippen LogP contribution in [0.2, 0.25) is 0 Å². The highest BCUT2D eigenvalue weighted by atomic mass is 16.3. The summed E-state index contributed by atoms with van der Waals surface area (Å²) in [5, 5.41) is 11.3. The Bertz CT molecular complexity index is 256. The number of carbonyl (C=O) groups excluding carboxylic acids is 1. The van der Waals surface area contributed by atoms with Crippen molar-refractivity contribution in [3.63, 3.8) is 0 Å². The summed E-state index contributed by atoms with van der Waals surface area (Å²) in [6.07, 6.45) is 3.40. The Balaban J connectivity index is 2.42. The smallest absolute Gasteiger partial charge is 0.254 e. The zero-order chi connectivity index (χ0) is 9.68. The maximum atomic E-state index is 11.3. The van der Waals surface area contributed by atoms with Crippen LogP contribution in [0.25, 0.3) is 0 Å². The van der Waals surface area contributed by atoms with Crippen LogP contribution in [-0.4, -0.2) is 23.7 Å². The van der Waals surface area contributed by atoms with Crippen LogP contribution in [0.4, 0.5) is 0 Å². The molecule has 2 N–H and O–H groups in total. The van der Waals surface area contributed by atoms with Crippen LogP contribution in [0.5, 0.6) is 0 Å². The number of hydrogen-bond acceptors (Lipinski definition) is 3. The van der Waals surface area contributed by atoms with E-state index in [2.05, 4.69) is 5.32 Å². The van der Waals surface area contributed by atoms with Crippen molar-refractivity contribution in [2.24, 2.45) is 0 Å². The van der Waals surface area contributed by atoms with E-state index < -0.39 is 0 Å². The molecule has 0 bridgehead atoms. The van der Waals surface area contributed by atoms with Crippen LogP contribution in [0, 0.1) is 0 Å². The number of amides is 1. The second-order valence-electron chi connectivity index (χ2n) is 2.90. The Labute approximate surface area is 76.6 Å². The maximum absolute atomic E-state index is 11.3. The van der Waals surface area contributed by atoms with Crippen LogP contribution in [0.3, 0.4) is 0 Å². The molecule has 4 nitrogen and oxygen atoms in total. The molecule has 1 heterocycles. The molecule has 0 saturated heterocycles. The first-order chi connectivity index (χ1) is 6.24. The lowest BCUT2D eigenvalue weighted by Gasteiger charge is -2.10. The molecule has 1 unspecified atom stereocenters. The topological polar surface area (TPSA) is 62.5 Å². The second-order valence-corrected chi connectivity index (χ2v) is 2.90. The van der Waals surface area contributed by atoms with E-state index >= 15 is 0 Å². The first kappa shape index (κ1) is 9.80. The Kier molecular flexibility index (Phi) is 3.52. The van der Waals surface area contributed by atoms with Crippen molar-refractivity contribution in [1.82, 2.24) is 5.32 Å². The number of hydrogen-bond donors (Lipinski definition) is 2. The molecule has 0 spiro atoms. The Hall–Kier alpha value is -1.29. The predicted molar refractivity (Wildman–Crippen MR) is 47.3 cm³/mol. The number of rotatable bonds is 4. The maximum Gasteiger partial charge on any atom is 0.254 e. The summed E-state index contributed by atoms with van der Waals surface area (Å²) in [4.78, 5) is 11.3. The van der Waals surface area contributed by atoms with E-state index in [1.54, 1.807) is 6.07 Å². The van der Waals surface area contributed by atoms with Gasteiger partial charge in [0.25, 0.3) is 5.91 Å². The van der Waals surface area contributed by atoms with E-state index in [-0.39, 0.29) is 18.6 Å². The van der Waals surface area contributed by atoms with Crippen LogP contribution in [0.15, 0.2) is 23.0 Å². The SMILES string of the molecule is CC(CCO)NC(=O)c1ccoc1. The lowest BCUT2D eigenvalue weighted by Crippen LogP contribution is -2.32. The van der Waals surface area contributed by atoms with Gasteiger partial charge in [-0.05, 0) is 19.4 Å². The molecule has 0 radical (unpaired) electrons. The van der Waals surface area contributed by atoms with E-state index in [0.717, 1.165) is 0 Å². The van der Waals surface area contributed by atoms with Gasteiger partial charge in [0, 0.05) is 12.6 Å². The number of aliphatic hydroxyl groups excluding tert-OH is 1. The van der Waals surface area contributed by atoms with Crippen molar-refractivity contribution in [2.75, 3.05) is 6.61 Å². The van der Waals surface area contributed by atoms with Gasteiger partial charge in [-0.25, -0.2) is 0 Å². The molecule has 72 valence electrons. The molecule has 13 heavy (non-hydrogen) atoms. The van der Waals surface area contributed by atoms with Crippen LogP contribution >= 0.6 is 0 Å². The highest BCUT2D eigenvalue weighted by Gasteiger charge is 2.09. The summed E-state index contributed by atoms with van der Waals surface area (Å²) in [6.45, 7) is 1.92. The third kappa shape index (κ3) is 2.91. The zero-order valence-electron chi connectivity index (χ0n) is 7.49. The minimum Gasteiger partial charge on any atom is -0.472 e. The van der Waals surface area contributed by atoms with Crippen LogP contribution in [0.1, 0.15) is 23.7 Å². The fraction of sp³-hybridized carbons (Fsp3) is 0.444. The average molecular weight is 183 g/mol. The number of nitrogens with one attached hydrogen (secondary N) is 1. The molecule has 0 fully saturated rings. The van der Waals surface area contributed by atoms with Crippen molar-refractivity contribution < 1.29 is 14.3 Å².